The van der Waals surface area contributed by atoms with Crippen LogP contribution in [0.4, 0.5) is 22.0 Å². The molecule has 2 aromatic carbocycles. The lowest BCUT2D eigenvalue weighted by Gasteiger charge is -2.43. The number of methoxy groups -OCH3 is 1. The minimum atomic E-state index is -3.09. The Labute approximate surface area is 220 Å². The lowest BCUT2D eigenvalue weighted by Crippen LogP contribution is -2.48. The van der Waals surface area contributed by atoms with Crippen LogP contribution in [-0.2, 0) is 11.2 Å². The Morgan fingerprint density at radius 1 is 1.18 bits per heavy atom. The van der Waals surface area contributed by atoms with Crippen LogP contribution in [0.2, 0.25) is 0 Å². The Bertz CT molecular complexity index is 1190. The fourth-order valence-corrected chi connectivity index (χ4v) is 5.58. The number of carbonyl (C=O) groups is 1. The molecule has 0 aliphatic carbocycles. The second-order valence-electron chi connectivity index (χ2n) is 10.4. The molecule has 206 valence electrons. The summed E-state index contributed by atoms with van der Waals surface area (Å²) in [5.41, 5.74) is 2.46. The smallest absolute Gasteiger partial charge is 0.337 e. The quantitative estimate of drug-likeness (QED) is 0.298. The van der Waals surface area contributed by atoms with Crippen LogP contribution < -0.4 is 0 Å². The number of alkyl halides is 3. The number of likely N-dealkylation sites (tertiary alicyclic amines) is 1. The number of nitrogens with zero attached hydrogens (tertiary/aromatic N) is 2. The Hall–Kier alpha value is -2.78. The number of benzene rings is 2. The van der Waals surface area contributed by atoms with Gasteiger partial charge in [-0.05, 0) is 67.1 Å². The zero-order valence-corrected chi connectivity index (χ0v) is 21.9. The van der Waals surface area contributed by atoms with Gasteiger partial charge in [0.1, 0.15) is 11.6 Å². The minimum Gasteiger partial charge on any atom is -0.465 e. The number of carbonyl (C=O) groups excluding carboxylic acids is 1. The van der Waals surface area contributed by atoms with Gasteiger partial charge in [-0.15, -0.1) is 0 Å². The molecule has 1 fully saturated rings. The van der Waals surface area contributed by atoms with Crippen molar-refractivity contribution in [3.05, 3.63) is 75.4 Å². The first kappa shape index (κ1) is 28.2. The van der Waals surface area contributed by atoms with Gasteiger partial charge >= 0.3 is 5.97 Å². The van der Waals surface area contributed by atoms with Crippen molar-refractivity contribution < 1.29 is 31.5 Å². The molecule has 2 heterocycles. The summed E-state index contributed by atoms with van der Waals surface area (Å²) in [5.74, 6) is -5.29. The molecular formula is C29H33F5N2O2. The Morgan fingerprint density at radius 3 is 2.53 bits per heavy atom. The lowest BCUT2D eigenvalue weighted by atomic mass is 9.83. The molecule has 1 saturated heterocycles. The van der Waals surface area contributed by atoms with Crippen molar-refractivity contribution in [3.63, 3.8) is 0 Å². The van der Waals surface area contributed by atoms with Gasteiger partial charge in [-0.3, -0.25) is 14.2 Å². The van der Waals surface area contributed by atoms with Crippen LogP contribution in [0.1, 0.15) is 65.3 Å². The third-order valence-electron chi connectivity index (χ3n) is 7.26. The Morgan fingerprint density at radius 2 is 1.89 bits per heavy atom. The molecule has 2 aliphatic heterocycles. The van der Waals surface area contributed by atoms with Crippen molar-refractivity contribution in [2.45, 2.75) is 51.1 Å². The van der Waals surface area contributed by atoms with Gasteiger partial charge in [0.25, 0.3) is 5.92 Å². The highest BCUT2D eigenvalue weighted by molar-refractivity contribution is 5.89. The maximum absolute atomic E-state index is 15.7. The van der Waals surface area contributed by atoms with Crippen LogP contribution in [0.15, 0.2) is 35.9 Å². The SMILES string of the molecule is COC(=O)c1ccc2c(c1)C[C@@H](C)N(CC(C)(F)F)[C@@H]2c1c(F)cc(/C=C2/CCN(CCCF)C2)cc1F. The van der Waals surface area contributed by atoms with E-state index in [9.17, 15) is 18.0 Å². The highest BCUT2D eigenvalue weighted by atomic mass is 19.3. The third kappa shape index (κ3) is 6.26. The maximum atomic E-state index is 15.7. The van der Waals surface area contributed by atoms with Crippen LogP contribution in [0, 0.1) is 11.6 Å². The van der Waals surface area contributed by atoms with E-state index in [2.05, 4.69) is 4.90 Å². The van der Waals surface area contributed by atoms with Gasteiger partial charge in [0, 0.05) is 38.2 Å². The van der Waals surface area contributed by atoms with Crippen molar-refractivity contribution in [1.29, 1.82) is 0 Å². The Balaban J connectivity index is 1.73. The average molecular weight is 537 g/mol. The van der Waals surface area contributed by atoms with Crippen molar-refractivity contribution in [1.82, 2.24) is 9.80 Å². The van der Waals surface area contributed by atoms with Gasteiger partial charge in [0.05, 0.1) is 31.9 Å². The van der Waals surface area contributed by atoms with Gasteiger partial charge in [0.15, 0.2) is 0 Å². The van der Waals surface area contributed by atoms with Crippen molar-refractivity contribution >= 4 is 12.0 Å². The van der Waals surface area contributed by atoms with Gasteiger partial charge in [-0.1, -0.05) is 17.7 Å². The van der Waals surface area contributed by atoms with E-state index in [1.165, 1.54) is 30.2 Å². The number of rotatable bonds is 8. The highest BCUT2D eigenvalue weighted by Gasteiger charge is 2.40. The summed E-state index contributed by atoms with van der Waals surface area (Å²) in [6.45, 7) is 3.45. The second kappa shape index (κ2) is 11.5. The average Bonchev–Trinajstić information content (AvgIpc) is 3.29. The predicted molar refractivity (Wildman–Crippen MR) is 136 cm³/mol. The summed E-state index contributed by atoms with van der Waals surface area (Å²) in [6, 6.07) is 5.56. The van der Waals surface area contributed by atoms with Crippen LogP contribution in [0.3, 0.4) is 0 Å². The molecule has 4 rings (SSSR count). The summed E-state index contributed by atoms with van der Waals surface area (Å²) in [5, 5.41) is 0. The molecule has 2 atom stereocenters. The number of hydrogen-bond donors (Lipinski definition) is 0. The monoisotopic (exact) mass is 536 g/mol. The standard InChI is InChI=1S/C29H33F5N2O2/c1-18-11-22-15-21(28(37)38-3)5-6-23(22)27(36(18)17-29(2,33)34)26-24(31)13-20(14-25(26)32)12-19-7-10-35(16-19)9-4-8-30/h5-6,12-15,18,27H,4,7-11,16-17H2,1-3H3/b19-12-/t18-,27+/m1/s1. The number of halogens is 5. The molecule has 0 spiro atoms. The summed E-state index contributed by atoms with van der Waals surface area (Å²) < 4.78 is 77.1. The topological polar surface area (TPSA) is 32.8 Å². The zero-order valence-electron chi connectivity index (χ0n) is 21.9. The van der Waals surface area contributed by atoms with Crippen molar-refractivity contribution in [3.8, 4) is 0 Å². The molecule has 0 radical (unpaired) electrons. The highest BCUT2D eigenvalue weighted by Crippen LogP contribution is 2.42. The van der Waals surface area contributed by atoms with Gasteiger partial charge in [0.2, 0.25) is 0 Å². The fourth-order valence-electron chi connectivity index (χ4n) is 5.58. The third-order valence-corrected chi connectivity index (χ3v) is 7.26. The normalized spacial score (nSPS) is 21.6. The van der Waals surface area contributed by atoms with E-state index in [0.29, 0.717) is 42.6 Å². The molecular weight excluding hydrogens is 503 g/mol. The predicted octanol–water partition coefficient (Wildman–Crippen LogP) is 6.19. The largest absolute Gasteiger partial charge is 0.465 e. The van der Waals surface area contributed by atoms with Gasteiger partial charge in [-0.2, -0.15) is 0 Å². The summed E-state index contributed by atoms with van der Waals surface area (Å²) in [6.07, 6.45) is 3.25. The zero-order chi connectivity index (χ0) is 27.6. The Kier molecular flexibility index (Phi) is 8.57. The molecule has 0 saturated carbocycles. The van der Waals surface area contributed by atoms with Crippen molar-refractivity contribution in [2.75, 3.05) is 40.0 Å². The van der Waals surface area contributed by atoms with E-state index in [1.54, 1.807) is 25.1 Å². The molecule has 0 amide bonds. The number of ether oxygens (including phenoxy) is 1. The van der Waals surface area contributed by atoms with Gasteiger partial charge < -0.3 is 4.74 Å². The van der Waals surface area contributed by atoms with Crippen LogP contribution in [0.25, 0.3) is 6.08 Å². The first-order chi connectivity index (χ1) is 18.0. The van der Waals surface area contributed by atoms with E-state index in [-0.39, 0.29) is 17.8 Å². The second-order valence-corrected chi connectivity index (χ2v) is 10.4. The first-order valence-corrected chi connectivity index (χ1v) is 12.8. The molecule has 9 heteroatoms. The first-order valence-electron chi connectivity index (χ1n) is 12.8. The maximum Gasteiger partial charge on any atom is 0.337 e. The molecule has 0 bridgehead atoms. The van der Waals surface area contributed by atoms with E-state index in [1.807, 2.05) is 0 Å². The van der Waals surface area contributed by atoms with E-state index in [0.717, 1.165) is 25.5 Å². The molecule has 4 nitrogen and oxygen atoms in total. The van der Waals surface area contributed by atoms with E-state index in [4.69, 9.17) is 4.74 Å². The summed E-state index contributed by atoms with van der Waals surface area (Å²) in [7, 11) is 1.26. The van der Waals surface area contributed by atoms with Crippen LogP contribution in [0.5, 0.6) is 0 Å². The number of hydrogen-bond acceptors (Lipinski definition) is 4. The van der Waals surface area contributed by atoms with E-state index < -0.39 is 42.2 Å². The molecule has 0 N–H and O–H groups in total. The summed E-state index contributed by atoms with van der Waals surface area (Å²) in [4.78, 5) is 15.6. The number of fused-ring (bicyclic) bond motifs is 1. The lowest BCUT2D eigenvalue weighted by molar-refractivity contribution is -0.0371. The fraction of sp³-hybridized carbons (Fsp3) is 0.483. The summed E-state index contributed by atoms with van der Waals surface area (Å²) >= 11 is 0. The van der Waals surface area contributed by atoms with Crippen LogP contribution in [-0.4, -0.2) is 67.7 Å². The molecule has 0 unspecified atom stereocenters. The van der Waals surface area contributed by atoms with Crippen molar-refractivity contribution in [2.24, 2.45) is 0 Å². The van der Waals surface area contributed by atoms with E-state index >= 15 is 8.78 Å². The molecule has 2 aromatic rings. The number of esters is 1. The van der Waals surface area contributed by atoms with Gasteiger partial charge in [-0.25, -0.2) is 22.4 Å². The minimum absolute atomic E-state index is 0.284. The van der Waals surface area contributed by atoms with Crippen LogP contribution >= 0.6 is 0 Å². The molecule has 2 aliphatic rings. The molecule has 38 heavy (non-hydrogen) atoms. The molecule has 0 aromatic heterocycles.